The summed E-state index contributed by atoms with van der Waals surface area (Å²) < 4.78 is 4.97. The fourth-order valence-electron chi connectivity index (χ4n) is 2.26. The van der Waals surface area contributed by atoms with Gasteiger partial charge in [0.2, 0.25) is 5.91 Å². The van der Waals surface area contributed by atoms with Gasteiger partial charge >= 0.3 is 6.09 Å². The van der Waals surface area contributed by atoms with E-state index < -0.39 is 0 Å². The molecule has 1 saturated heterocycles. The standard InChI is InChI=1S/C15H22N4O3/c1-2-22-15(21)19-9-7-18(8-10-19)12-14(20)17-11-13-3-5-16-6-4-13/h3-6H,2,7-12H2,1H3,(H,17,20). The fraction of sp³-hybridized carbons (Fsp3) is 0.533. The Morgan fingerprint density at radius 3 is 2.55 bits per heavy atom. The molecule has 0 aliphatic carbocycles. The third-order valence-electron chi connectivity index (χ3n) is 3.50. The van der Waals surface area contributed by atoms with Gasteiger partial charge in [0.15, 0.2) is 0 Å². The molecule has 2 heterocycles. The van der Waals surface area contributed by atoms with Gasteiger partial charge in [-0.15, -0.1) is 0 Å². The largest absolute Gasteiger partial charge is 0.450 e. The van der Waals surface area contributed by atoms with E-state index in [4.69, 9.17) is 4.74 Å². The first-order valence-corrected chi connectivity index (χ1v) is 7.48. The van der Waals surface area contributed by atoms with Gasteiger partial charge in [-0.05, 0) is 24.6 Å². The fourth-order valence-corrected chi connectivity index (χ4v) is 2.26. The van der Waals surface area contributed by atoms with Crippen molar-refractivity contribution >= 4 is 12.0 Å². The number of rotatable bonds is 5. The van der Waals surface area contributed by atoms with Crippen LogP contribution in [-0.2, 0) is 16.1 Å². The summed E-state index contributed by atoms with van der Waals surface area (Å²) >= 11 is 0. The molecule has 1 aromatic rings. The molecular weight excluding hydrogens is 284 g/mol. The number of nitrogens with one attached hydrogen (secondary N) is 1. The second kappa shape index (κ2) is 8.33. The number of carbonyl (C=O) groups is 2. The van der Waals surface area contributed by atoms with E-state index in [1.165, 1.54) is 0 Å². The Kier molecular flexibility index (Phi) is 6.14. The molecule has 1 aliphatic rings. The van der Waals surface area contributed by atoms with Gasteiger partial charge in [-0.25, -0.2) is 4.79 Å². The summed E-state index contributed by atoms with van der Waals surface area (Å²) in [6, 6.07) is 3.75. The number of hydrogen-bond donors (Lipinski definition) is 1. The highest BCUT2D eigenvalue weighted by atomic mass is 16.6. The quantitative estimate of drug-likeness (QED) is 0.856. The average Bonchev–Trinajstić information content (AvgIpc) is 2.55. The van der Waals surface area contributed by atoms with Crippen molar-refractivity contribution in [2.75, 3.05) is 39.3 Å². The van der Waals surface area contributed by atoms with Gasteiger partial charge in [0.05, 0.1) is 13.2 Å². The third kappa shape index (κ3) is 5.00. The minimum absolute atomic E-state index is 0.0126. The van der Waals surface area contributed by atoms with Crippen LogP contribution in [0.15, 0.2) is 24.5 Å². The summed E-state index contributed by atoms with van der Waals surface area (Å²) in [6.07, 6.45) is 3.14. The molecule has 0 aromatic carbocycles. The summed E-state index contributed by atoms with van der Waals surface area (Å²) in [7, 11) is 0. The van der Waals surface area contributed by atoms with Crippen molar-refractivity contribution < 1.29 is 14.3 Å². The number of carbonyl (C=O) groups excluding carboxylic acids is 2. The van der Waals surface area contributed by atoms with Crippen LogP contribution in [0.4, 0.5) is 4.79 Å². The summed E-state index contributed by atoms with van der Waals surface area (Å²) in [5, 5.41) is 2.89. The zero-order chi connectivity index (χ0) is 15.8. The predicted molar refractivity (Wildman–Crippen MR) is 81.1 cm³/mol. The van der Waals surface area contributed by atoms with E-state index in [1.807, 2.05) is 17.0 Å². The first-order valence-electron chi connectivity index (χ1n) is 7.48. The van der Waals surface area contributed by atoms with Crippen LogP contribution >= 0.6 is 0 Å². The van der Waals surface area contributed by atoms with E-state index in [1.54, 1.807) is 24.2 Å². The van der Waals surface area contributed by atoms with Crippen LogP contribution in [-0.4, -0.2) is 66.1 Å². The molecule has 0 bridgehead atoms. The van der Waals surface area contributed by atoms with Crippen molar-refractivity contribution in [3.05, 3.63) is 30.1 Å². The highest BCUT2D eigenvalue weighted by Crippen LogP contribution is 2.03. The van der Waals surface area contributed by atoms with Crippen molar-refractivity contribution in [1.82, 2.24) is 20.1 Å². The molecule has 0 saturated carbocycles. The maximum absolute atomic E-state index is 11.9. The summed E-state index contributed by atoms with van der Waals surface area (Å²) in [5.41, 5.74) is 1.02. The molecule has 1 aromatic heterocycles. The van der Waals surface area contributed by atoms with E-state index >= 15 is 0 Å². The Morgan fingerprint density at radius 2 is 1.91 bits per heavy atom. The molecule has 2 amide bonds. The second-order valence-corrected chi connectivity index (χ2v) is 5.09. The van der Waals surface area contributed by atoms with Crippen LogP contribution in [0.3, 0.4) is 0 Å². The Hall–Kier alpha value is -2.15. The van der Waals surface area contributed by atoms with Crippen molar-refractivity contribution in [3.63, 3.8) is 0 Å². The van der Waals surface area contributed by atoms with Gasteiger partial charge in [-0.3, -0.25) is 14.7 Å². The van der Waals surface area contributed by atoms with Gasteiger partial charge < -0.3 is 15.0 Å². The molecule has 120 valence electrons. The molecule has 0 atom stereocenters. The number of nitrogens with zero attached hydrogens (tertiary/aromatic N) is 3. The molecule has 0 spiro atoms. The average molecular weight is 306 g/mol. The molecule has 0 radical (unpaired) electrons. The number of piperazine rings is 1. The normalized spacial score (nSPS) is 15.4. The van der Waals surface area contributed by atoms with Crippen LogP contribution in [0.1, 0.15) is 12.5 Å². The van der Waals surface area contributed by atoms with Crippen LogP contribution in [0.25, 0.3) is 0 Å². The lowest BCUT2D eigenvalue weighted by Gasteiger charge is -2.33. The number of pyridine rings is 1. The zero-order valence-electron chi connectivity index (χ0n) is 12.8. The van der Waals surface area contributed by atoms with Crippen molar-refractivity contribution in [2.24, 2.45) is 0 Å². The van der Waals surface area contributed by atoms with E-state index in [-0.39, 0.29) is 12.0 Å². The maximum Gasteiger partial charge on any atom is 0.409 e. The van der Waals surface area contributed by atoms with Crippen molar-refractivity contribution in [3.8, 4) is 0 Å². The highest BCUT2D eigenvalue weighted by Gasteiger charge is 2.22. The Bertz CT molecular complexity index is 487. The molecule has 0 unspecified atom stereocenters. The lowest BCUT2D eigenvalue weighted by Crippen LogP contribution is -2.51. The number of hydrogen-bond acceptors (Lipinski definition) is 5. The number of aromatic nitrogens is 1. The summed E-state index contributed by atoms with van der Waals surface area (Å²) in [4.78, 5) is 31.2. The topological polar surface area (TPSA) is 74.8 Å². The molecule has 1 aliphatic heterocycles. The number of ether oxygens (including phenoxy) is 1. The van der Waals surface area contributed by atoms with Gasteiger partial charge in [0, 0.05) is 45.1 Å². The van der Waals surface area contributed by atoms with Crippen LogP contribution in [0.2, 0.25) is 0 Å². The minimum Gasteiger partial charge on any atom is -0.450 e. The van der Waals surface area contributed by atoms with Crippen LogP contribution < -0.4 is 5.32 Å². The lowest BCUT2D eigenvalue weighted by atomic mass is 10.2. The van der Waals surface area contributed by atoms with E-state index in [0.717, 1.165) is 5.56 Å². The predicted octanol–water partition coefficient (Wildman–Crippen LogP) is 0.472. The SMILES string of the molecule is CCOC(=O)N1CCN(CC(=O)NCc2ccncc2)CC1. The minimum atomic E-state index is -0.274. The molecule has 2 rings (SSSR count). The van der Waals surface area contributed by atoms with Crippen LogP contribution in [0.5, 0.6) is 0 Å². The first-order chi connectivity index (χ1) is 10.7. The monoisotopic (exact) mass is 306 g/mol. The van der Waals surface area contributed by atoms with E-state index in [0.29, 0.717) is 45.9 Å². The van der Waals surface area contributed by atoms with Gasteiger partial charge in [-0.2, -0.15) is 0 Å². The zero-order valence-corrected chi connectivity index (χ0v) is 12.8. The van der Waals surface area contributed by atoms with Gasteiger partial charge in [0.25, 0.3) is 0 Å². The highest BCUT2D eigenvalue weighted by molar-refractivity contribution is 5.78. The second-order valence-electron chi connectivity index (χ2n) is 5.09. The number of amides is 2. The molecule has 7 heteroatoms. The van der Waals surface area contributed by atoms with Crippen molar-refractivity contribution in [2.45, 2.75) is 13.5 Å². The molecule has 1 fully saturated rings. The van der Waals surface area contributed by atoms with Crippen molar-refractivity contribution in [1.29, 1.82) is 0 Å². The summed E-state index contributed by atoms with van der Waals surface area (Å²) in [5.74, 6) is -0.0126. The van der Waals surface area contributed by atoms with E-state index in [9.17, 15) is 9.59 Å². The Balaban J connectivity index is 1.67. The van der Waals surface area contributed by atoms with Gasteiger partial charge in [0.1, 0.15) is 0 Å². The molecule has 22 heavy (non-hydrogen) atoms. The maximum atomic E-state index is 11.9. The Morgan fingerprint density at radius 1 is 1.23 bits per heavy atom. The first kappa shape index (κ1) is 16.2. The molecule has 1 N–H and O–H groups in total. The van der Waals surface area contributed by atoms with Gasteiger partial charge in [-0.1, -0.05) is 0 Å². The molecular formula is C15H22N4O3. The third-order valence-corrected chi connectivity index (χ3v) is 3.50. The molecule has 7 nitrogen and oxygen atoms in total. The van der Waals surface area contributed by atoms with Crippen LogP contribution in [0, 0.1) is 0 Å². The lowest BCUT2D eigenvalue weighted by molar-refractivity contribution is -0.122. The van der Waals surface area contributed by atoms with E-state index in [2.05, 4.69) is 10.3 Å². The summed E-state index contributed by atoms with van der Waals surface area (Å²) in [6.45, 7) is 5.58. The smallest absolute Gasteiger partial charge is 0.409 e. The Labute approximate surface area is 130 Å².